The first-order valence-corrected chi connectivity index (χ1v) is 10.8. The largest absolute Gasteiger partial charge is 0.354 e. The van der Waals surface area contributed by atoms with Crippen molar-refractivity contribution in [2.75, 3.05) is 25.5 Å². The van der Waals surface area contributed by atoms with Gasteiger partial charge in [0.25, 0.3) is 0 Å². The van der Waals surface area contributed by atoms with Gasteiger partial charge in [-0.05, 0) is 49.5 Å². The first-order chi connectivity index (χ1) is 14.4. The molecule has 1 atom stereocenters. The lowest BCUT2D eigenvalue weighted by molar-refractivity contribution is 0.692. The van der Waals surface area contributed by atoms with Crippen molar-refractivity contribution in [1.29, 1.82) is 0 Å². The molecule has 3 aromatic rings. The quantitative estimate of drug-likeness (QED) is 0.541. The van der Waals surface area contributed by atoms with Gasteiger partial charge in [-0.15, -0.1) is 0 Å². The summed E-state index contributed by atoms with van der Waals surface area (Å²) < 4.78 is 0. The highest BCUT2D eigenvalue weighted by Crippen LogP contribution is 2.41. The molecule has 4 rings (SSSR count). The van der Waals surface area contributed by atoms with Crippen molar-refractivity contribution in [3.63, 3.8) is 0 Å². The van der Waals surface area contributed by atoms with Crippen LogP contribution < -0.4 is 10.6 Å². The van der Waals surface area contributed by atoms with Crippen LogP contribution in [0.2, 0.25) is 0 Å². The molecule has 0 spiro atoms. The van der Waals surface area contributed by atoms with Crippen LogP contribution in [0, 0.1) is 0 Å². The lowest BCUT2D eigenvalue weighted by atomic mass is 9.78. The average Bonchev–Trinajstić information content (AvgIpc) is 2.80. The molecule has 1 aliphatic carbocycles. The van der Waals surface area contributed by atoms with E-state index in [-0.39, 0.29) is 0 Å². The molecule has 2 N–H and O–H groups in total. The minimum absolute atomic E-state index is 0.360. The maximum atomic E-state index is 4.86. The third-order valence-electron chi connectivity index (χ3n) is 5.22. The summed E-state index contributed by atoms with van der Waals surface area (Å²) in [6.07, 6.45) is 5.20. The summed E-state index contributed by atoms with van der Waals surface area (Å²) in [4.78, 5) is 9.44. The molecule has 0 amide bonds. The van der Waals surface area contributed by atoms with E-state index < -0.39 is 0 Å². The molecule has 0 saturated heterocycles. The Hall–Kier alpha value is -2.72. The molecule has 152 valence electrons. The van der Waals surface area contributed by atoms with E-state index in [1.807, 2.05) is 27.1 Å². The fourth-order valence-corrected chi connectivity index (χ4v) is 3.83. The lowest BCUT2D eigenvalue weighted by Crippen LogP contribution is -2.16. The van der Waals surface area contributed by atoms with Crippen molar-refractivity contribution < 1.29 is 0 Å². The highest BCUT2D eigenvalue weighted by molar-refractivity contribution is 5.72. The second-order valence-corrected chi connectivity index (χ2v) is 7.06. The van der Waals surface area contributed by atoms with E-state index in [2.05, 4.69) is 70.2 Å². The van der Waals surface area contributed by atoms with E-state index in [1.165, 1.54) is 22.3 Å². The molecule has 1 aromatic heterocycles. The van der Waals surface area contributed by atoms with Gasteiger partial charge in [-0.2, -0.15) is 0 Å². The average molecular weight is 389 g/mol. The Balaban J connectivity index is 0.00000117. The summed E-state index contributed by atoms with van der Waals surface area (Å²) in [6.45, 7) is 5.94. The smallest absolute Gasteiger partial charge is 0.223 e. The number of unbranched alkanes of at least 4 members (excludes halogenated alkanes) is 1. The van der Waals surface area contributed by atoms with E-state index in [0.29, 0.717) is 5.92 Å². The second kappa shape index (κ2) is 10.7. The summed E-state index contributed by atoms with van der Waals surface area (Å²) in [5, 5.41) is 6.55. The van der Waals surface area contributed by atoms with E-state index in [9.17, 15) is 0 Å². The molecule has 1 aliphatic rings. The summed E-state index contributed by atoms with van der Waals surface area (Å²) in [5.74, 6) is 1.09. The zero-order valence-corrected chi connectivity index (χ0v) is 17.8. The van der Waals surface area contributed by atoms with Crippen LogP contribution in [0.5, 0.6) is 0 Å². The number of nitrogens with one attached hydrogen (secondary N) is 2. The summed E-state index contributed by atoms with van der Waals surface area (Å²) in [5.41, 5.74) is 6.24. The van der Waals surface area contributed by atoms with Crippen molar-refractivity contribution in [2.45, 2.75) is 39.0 Å². The van der Waals surface area contributed by atoms with Gasteiger partial charge in [0.1, 0.15) is 0 Å². The maximum Gasteiger partial charge on any atom is 0.223 e. The van der Waals surface area contributed by atoms with E-state index in [4.69, 9.17) is 4.98 Å². The molecule has 0 aliphatic heterocycles. The van der Waals surface area contributed by atoms with E-state index in [0.717, 1.165) is 44.0 Å². The number of aromatic nitrogens is 2. The number of hydrogen-bond donors (Lipinski definition) is 2. The molecule has 1 unspecified atom stereocenters. The van der Waals surface area contributed by atoms with Gasteiger partial charge in [-0.25, -0.2) is 9.97 Å². The Morgan fingerprint density at radius 3 is 2.45 bits per heavy atom. The van der Waals surface area contributed by atoms with Gasteiger partial charge in [-0.3, -0.25) is 0 Å². The highest BCUT2D eigenvalue weighted by Gasteiger charge is 2.27. The summed E-state index contributed by atoms with van der Waals surface area (Å²) in [6, 6.07) is 19.4. The van der Waals surface area contributed by atoms with Gasteiger partial charge < -0.3 is 10.6 Å². The van der Waals surface area contributed by atoms with Crippen molar-refractivity contribution in [2.24, 2.45) is 0 Å². The molecule has 0 saturated carbocycles. The van der Waals surface area contributed by atoms with Gasteiger partial charge in [-0.1, -0.05) is 68.4 Å². The monoisotopic (exact) mass is 388 g/mol. The summed E-state index contributed by atoms with van der Waals surface area (Å²) in [7, 11) is 1.99. The van der Waals surface area contributed by atoms with Crippen molar-refractivity contribution in [1.82, 2.24) is 15.3 Å². The Labute approximate surface area is 174 Å². The molecular formula is C25H32N4. The topological polar surface area (TPSA) is 49.8 Å². The second-order valence-electron chi connectivity index (χ2n) is 7.06. The van der Waals surface area contributed by atoms with Crippen molar-refractivity contribution >= 4 is 5.95 Å². The minimum atomic E-state index is 0.360. The number of fused-ring (bicyclic) bond motifs is 3. The van der Waals surface area contributed by atoms with Crippen molar-refractivity contribution in [3.8, 4) is 11.3 Å². The molecule has 2 aromatic carbocycles. The van der Waals surface area contributed by atoms with Crippen LogP contribution >= 0.6 is 0 Å². The van der Waals surface area contributed by atoms with E-state index >= 15 is 0 Å². The minimum Gasteiger partial charge on any atom is -0.354 e. The predicted molar refractivity (Wildman–Crippen MR) is 122 cm³/mol. The Morgan fingerprint density at radius 2 is 1.66 bits per heavy atom. The zero-order chi connectivity index (χ0) is 20.5. The number of anilines is 1. The maximum absolute atomic E-state index is 4.86. The fourth-order valence-electron chi connectivity index (χ4n) is 3.83. The van der Waals surface area contributed by atoms with Gasteiger partial charge in [0.05, 0.1) is 5.69 Å². The van der Waals surface area contributed by atoms with Gasteiger partial charge in [0.2, 0.25) is 5.95 Å². The van der Waals surface area contributed by atoms with Crippen LogP contribution in [0.3, 0.4) is 0 Å². The van der Waals surface area contributed by atoms with Crippen LogP contribution in [-0.4, -0.2) is 30.1 Å². The number of benzene rings is 2. The number of rotatable bonds is 7. The van der Waals surface area contributed by atoms with Crippen LogP contribution in [0.1, 0.15) is 49.3 Å². The highest BCUT2D eigenvalue weighted by atomic mass is 15.1. The summed E-state index contributed by atoms with van der Waals surface area (Å²) >= 11 is 0. The van der Waals surface area contributed by atoms with Gasteiger partial charge in [0, 0.05) is 24.2 Å². The lowest BCUT2D eigenvalue weighted by Gasteiger charge is -2.27. The molecule has 4 heteroatoms. The Bertz CT molecular complexity index is 892. The molecule has 0 bridgehead atoms. The molecule has 29 heavy (non-hydrogen) atoms. The van der Waals surface area contributed by atoms with Gasteiger partial charge >= 0.3 is 0 Å². The molecule has 0 fully saturated rings. The van der Waals surface area contributed by atoms with Gasteiger partial charge in [0.15, 0.2) is 0 Å². The first-order valence-electron chi connectivity index (χ1n) is 10.8. The van der Waals surface area contributed by atoms with Crippen LogP contribution in [0.25, 0.3) is 11.3 Å². The Kier molecular flexibility index (Phi) is 7.77. The van der Waals surface area contributed by atoms with Crippen LogP contribution in [-0.2, 0) is 6.42 Å². The molecule has 0 radical (unpaired) electrons. The Morgan fingerprint density at radius 1 is 0.931 bits per heavy atom. The van der Waals surface area contributed by atoms with Crippen LogP contribution in [0.4, 0.5) is 5.95 Å². The molecule has 1 heterocycles. The predicted octanol–water partition coefficient (Wildman–Crippen LogP) is 5.27. The third kappa shape index (κ3) is 5.01. The van der Waals surface area contributed by atoms with Crippen LogP contribution in [0.15, 0.2) is 60.8 Å². The van der Waals surface area contributed by atoms with E-state index in [1.54, 1.807) is 0 Å². The first kappa shape index (κ1) is 21.0. The zero-order valence-electron chi connectivity index (χ0n) is 17.8. The molecule has 4 nitrogen and oxygen atoms in total. The third-order valence-corrected chi connectivity index (χ3v) is 5.22. The SMILES string of the molecule is CC.CNCCCCNc1ncc2c(n1)-c1ccccc1C(c1ccccc1)C2. The normalized spacial score (nSPS) is 14.2. The number of nitrogens with zero attached hydrogens (tertiary/aromatic N) is 2. The number of hydrogen-bond acceptors (Lipinski definition) is 4. The van der Waals surface area contributed by atoms with Crippen molar-refractivity contribution in [3.05, 3.63) is 77.5 Å². The standard InChI is InChI=1S/C23H26N4.C2H6/c1-24-13-7-8-14-25-23-26-16-18-15-21(17-9-3-2-4-10-17)19-11-5-6-12-20(19)22(18)27-23;1-2/h2-6,9-12,16,21,24H,7-8,13-15H2,1H3,(H,25,26,27);1-2H3. The molecular weight excluding hydrogens is 356 g/mol. The fraction of sp³-hybridized carbons (Fsp3) is 0.360.